The summed E-state index contributed by atoms with van der Waals surface area (Å²) in [6.07, 6.45) is 0. The molecule has 2 aromatic rings. The summed E-state index contributed by atoms with van der Waals surface area (Å²) in [6.45, 7) is 0. The van der Waals surface area contributed by atoms with E-state index in [1.54, 1.807) is 12.1 Å². The van der Waals surface area contributed by atoms with E-state index in [2.05, 4.69) is 0 Å². The molecule has 0 fully saturated rings. The molecule has 0 atom stereocenters. The van der Waals surface area contributed by atoms with Crippen molar-refractivity contribution in [2.45, 2.75) is 9.79 Å². The van der Waals surface area contributed by atoms with Gasteiger partial charge in [0.15, 0.2) is 0 Å². The zero-order valence-electron chi connectivity index (χ0n) is 9.61. The Morgan fingerprint density at radius 3 is 2.39 bits per heavy atom. The second kappa shape index (κ2) is 5.27. The third-order valence-corrected chi connectivity index (χ3v) is 3.37. The third-order valence-electron chi connectivity index (χ3n) is 2.33. The number of nitrogen functional groups attached to an aromatic ring is 1. The lowest BCUT2D eigenvalue weighted by atomic mass is 10.3. The minimum Gasteiger partial charge on any atom is -0.495 e. The average molecular weight is 267 g/mol. The molecule has 0 spiro atoms. The Labute approximate surface area is 108 Å². The number of rotatable bonds is 3. The van der Waals surface area contributed by atoms with Crippen LogP contribution < -0.4 is 10.5 Å². The molecule has 2 aromatic carbocycles. The number of nitrogens with two attached hydrogens (primary N) is 1. The van der Waals surface area contributed by atoms with Gasteiger partial charge < -0.3 is 10.5 Å². The van der Waals surface area contributed by atoms with Crippen LogP contribution in [0.3, 0.4) is 0 Å². The van der Waals surface area contributed by atoms with Crippen molar-refractivity contribution in [1.29, 1.82) is 0 Å². The lowest BCUT2D eigenvalue weighted by molar-refractivity contribution is 0.414. The molecule has 0 unspecified atom stereocenters. The molecule has 0 saturated carbocycles. The Bertz CT molecular complexity index is 558. The summed E-state index contributed by atoms with van der Waals surface area (Å²) in [7, 11) is 1.47. The molecule has 0 aliphatic rings. The van der Waals surface area contributed by atoms with Crippen LogP contribution in [-0.2, 0) is 0 Å². The molecule has 0 radical (unpaired) electrons. The number of anilines is 1. The predicted octanol–water partition coefficient (Wildman–Crippen LogP) is 3.71. The number of hydrogen-bond donors (Lipinski definition) is 1. The van der Waals surface area contributed by atoms with E-state index in [1.807, 2.05) is 0 Å². The van der Waals surface area contributed by atoms with Crippen molar-refractivity contribution in [1.82, 2.24) is 0 Å². The van der Waals surface area contributed by atoms with Crippen molar-refractivity contribution in [2.24, 2.45) is 0 Å². The maximum atomic E-state index is 13.7. The van der Waals surface area contributed by atoms with Crippen LogP contribution in [-0.4, -0.2) is 7.11 Å². The summed E-state index contributed by atoms with van der Waals surface area (Å²) in [4.78, 5) is 1.12. The van der Waals surface area contributed by atoms with Gasteiger partial charge in [-0.05, 0) is 30.3 Å². The maximum absolute atomic E-state index is 13.7. The Balaban J connectivity index is 2.31. The highest BCUT2D eigenvalue weighted by molar-refractivity contribution is 7.99. The summed E-state index contributed by atoms with van der Waals surface area (Å²) in [5.41, 5.74) is 5.84. The van der Waals surface area contributed by atoms with Gasteiger partial charge in [0.25, 0.3) is 0 Å². The Morgan fingerprint density at radius 1 is 1.11 bits per heavy atom. The van der Waals surface area contributed by atoms with E-state index in [1.165, 1.54) is 43.1 Å². The van der Waals surface area contributed by atoms with Gasteiger partial charge in [0, 0.05) is 11.0 Å². The minimum atomic E-state index is -0.428. The fraction of sp³-hybridized carbons (Fsp3) is 0.0769. The van der Waals surface area contributed by atoms with E-state index in [-0.39, 0.29) is 11.5 Å². The molecule has 5 heteroatoms. The molecule has 2 rings (SSSR count). The quantitative estimate of drug-likeness (QED) is 0.861. The predicted molar refractivity (Wildman–Crippen MR) is 67.9 cm³/mol. The van der Waals surface area contributed by atoms with E-state index < -0.39 is 5.82 Å². The first-order valence-electron chi connectivity index (χ1n) is 5.16. The van der Waals surface area contributed by atoms with Gasteiger partial charge in [0.1, 0.15) is 17.4 Å². The normalized spacial score (nSPS) is 10.4. The molecule has 2 nitrogen and oxygen atoms in total. The average Bonchev–Trinajstić information content (AvgIpc) is 2.35. The molecular weight excluding hydrogens is 256 g/mol. The number of ether oxygens (including phenoxy) is 1. The van der Waals surface area contributed by atoms with Gasteiger partial charge >= 0.3 is 0 Å². The van der Waals surface area contributed by atoms with Crippen LogP contribution in [0.5, 0.6) is 5.75 Å². The molecule has 0 aromatic heterocycles. The van der Waals surface area contributed by atoms with Gasteiger partial charge in [-0.3, -0.25) is 0 Å². The van der Waals surface area contributed by atoms with Crippen molar-refractivity contribution in [3.05, 3.63) is 48.0 Å². The summed E-state index contributed by atoms with van der Waals surface area (Å²) >= 11 is 1.18. The summed E-state index contributed by atoms with van der Waals surface area (Å²) in [5, 5.41) is 0. The monoisotopic (exact) mass is 267 g/mol. The summed E-state index contributed by atoms with van der Waals surface area (Å²) in [6, 6.07) is 8.57. The minimum absolute atomic E-state index is 0.249. The van der Waals surface area contributed by atoms with Gasteiger partial charge in [0.05, 0.1) is 17.7 Å². The van der Waals surface area contributed by atoms with Crippen LogP contribution >= 0.6 is 11.8 Å². The second-order valence-corrected chi connectivity index (χ2v) is 4.70. The topological polar surface area (TPSA) is 35.2 Å². The molecular formula is C13H11F2NOS. The van der Waals surface area contributed by atoms with Crippen molar-refractivity contribution < 1.29 is 13.5 Å². The number of hydrogen-bond acceptors (Lipinski definition) is 3. The molecule has 0 aliphatic carbocycles. The fourth-order valence-corrected chi connectivity index (χ4v) is 2.28. The summed E-state index contributed by atoms with van der Waals surface area (Å²) < 4.78 is 31.5. The van der Waals surface area contributed by atoms with Gasteiger partial charge in [-0.2, -0.15) is 0 Å². The Hall–Kier alpha value is -1.75. The Morgan fingerprint density at radius 2 is 1.78 bits per heavy atom. The maximum Gasteiger partial charge on any atom is 0.143 e. The molecule has 0 aliphatic heterocycles. The van der Waals surface area contributed by atoms with E-state index in [4.69, 9.17) is 10.5 Å². The van der Waals surface area contributed by atoms with E-state index in [0.29, 0.717) is 10.6 Å². The first kappa shape index (κ1) is 12.7. The molecule has 18 heavy (non-hydrogen) atoms. The molecule has 0 bridgehead atoms. The molecule has 94 valence electrons. The fourth-order valence-electron chi connectivity index (χ4n) is 1.43. The first-order valence-corrected chi connectivity index (χ1v) is 5.98. The number of halogens is 2. The van der Waals surface area contributed by atoms with Crippen molar-refractivity contribution in [3.63, 3.8) is 0 Å². The lowest BCUT2D eigenvalue weighted by Crippen LogP contribution is -1.94. The third kappa shape index (κ3) is 2.73. The van der Waals surface area contributed by atoms with E-state index in [9.17, 15) is 8.78 Å². The van der Waals surface area contributed by atoms with Crippen LogP contribution in [0, 0.1) is 11.6 Å². The zero-order valence-corrected chi connectivity index (χ0v) is 10.4. The van der Waals surface area contributed by atoms with Gasteiger partial charge in [-0.25, -0.2) is 8.78 Å². The molecule has 0 saturated heterocycles. The smallest absolute Gasteiger partial charge is 0.143 e. The van der Waals surface area contributed by atoms with E-state index in [0.717, 1.165) is 4.90 Å². The van der Waals surface area contributed by atoms with Crippen LogP contribution in [0.25, 0.3) is 0 Å². The molecule has 2 N–H and O–H groups in total. The van der Waals surface area contributed by atoms with Gasteiger partial charge in [0.2, 0.25) is 0 Å². The molecule has 0 amide bonds. The van der Waals surface area contributed by atoms with Crippen LogP contribution in [0.2, 0.25) is 0 Å². The standard InChI is InChI=1S/C13H11F2NOS/c1-17-12-7-13(10(15)6-11(12)16)18-9-4-2-8(14)3-5-9/h2-7H,16H2,1H3. The van der Waals surface area contributed by atoms with Crippen LogP contribution in [0.1, 0.15) is 0 Å². The van der Waals surface area contributed by atoms with Gasteiger partial charge in [-0.1, -0.05) is 11.8 Å². The lowest BCUT2D eigenvalue weighted by Gasteiger charge is -2.08. The number of methoxy groups -OCH3 is 1. The van der Waals surface area contributed by atoms with Crippen LogP contribution in [0.4, 0.5) is 14.5 Å². The zero-order chi connectivity index (χ0) is 13.1. The number of benzene rings is 2. The first-order chi connectivity index (χ1) is 8.60. The van der Waals surface area contributed by atoms with Crippen LogP contribution in [0.15, 0.2) is 46.2 Å². The SMILES string of the molecule is COc1cc(Sc2ccc(F)cc2)c(F)cc1N. The van der Waals surface area contributed by atoms with Crippen molar-refractivity contribution >= 4 is 17.4 Å². The largest absolute Gasteiger partial charge is 0.495 e. The van der Waals surface area contributed by atoms with E-state index >= 15 is 0 Å². The highest BCUT2D eigenvalue weighted by Gasteiger charge is 2.09. The molecule has 0 heterocycles. The van der Waals surface area contributed by atoms with Crippen molar-refractivity contribution in [2.75, 3.05) is 12.8 Å². The highest BCUT2D eigenvalue weighted by Crippen LogP contribution is 2.35. The summed E-state index contributed by atoms with van der Waals surface area (Å²) in [5.74, 6) is -0.335. The highest BCUT2D eigenvalue weighted by atomic mass is 32.2. The Kier molecular flexibility index (Phi) is 3.72. The van der Waals surface area contributed by atoms with Gasteiger partial charge in [-0.15, -0.1) is 0 Å². The second-order valence-electron chi connectivity index (χ2n) is 3.58. The van der Waals surface area contributed by atoms with Crippen molar-refractivity contribution in [3.8, 4) is 5.75 Å².